The number of carboxylic acids is 1. The van der Waals surface area contributed by atoms with Gasteiger partial charge < -0.3 is 5.11 Å². The van der Waals surface area contributed by atoms with Gasteiger partial charge in [0, 0.05) is 9.37 Å². The normalized spacial score (nSPS) is 10.6. The zero-order chi connectivity index (χ0) is 14.7. The largest absolute Gasteiger partial charge is 0.478 e. The molecule has 0 aliphatic heterocycles. The highest BCUT2D eigenvalue weighted by molar-refractivity contribution is 9.10. The molecule has 1 N–H and O–H groups in total. The molecule has 0 radical (unpaired) electrons. The van der Waals surface area contributed by atoms with E-state index in [9.17, 15) is 4.79 Å². The lowest BCUT2D eigenvalue weighted by molar-refractivity contribution is 0.0694. The summed E-state index contributed by atoms with van der Waals surface area (Å²) in [7, 11) is 0. The van der Waals surface area contributed by atoms with Gasteiger partial charge in [-0.05, 0) is 41.9 Å². The van der Waals surface area contributed by atoms with Gasteiger partial charge in [-0.25, -0.2) is 14.8 Å². The van der Waals surface area contributed by atoms with E-state index in [1.54, 1.807) is 25.6 Å². The highest BCUT2D eigenvalue weighted by atomic mass is 79.9. The Morgan fingerprint density at radius 2 is 1.85 bits per heavy atom. The third-order valence-electron chi connectivity index (χ3n) is 2.72. The molecule has 0 unspecified atom stereocenters. The van der Waals surface area contributed by atoms with Crippen molar-refractivity contribution < 1.29 is 9.90 Å². The first-order valence-corrected chi connectivity index (χ1v) is 7.71. The Bertz CT molecular complexity index is 638. The van der Waals surface area contributed by atoms with Crippen LogP contribution in [0.2, 0.25) is 0 Å². The smallest absolute Gasteiger partial charge is 0.339 e. The number of aromatic nitrogens is 2. The van der Waals surface area contributed by atoms with Crippen LogP contribution in [0.4, 0.5) is 0 Å². The van der Waals surface area contributed by atoms with Gasteiger partial charge in [0.2, 0.25) is 0 Å². The van der Waals surface area contributed by atoms with Crippen LogP contribution in [0.3, 0.4) is 0 Å². The van der Waals surface area contributed by atoms with Gasteiger partial charge in [-0.1, -0.05) is 12.1 Å². The van der Waals surface area contributed by atoms with Gasteiger partial charge in [0.1, 0.15) is 11.4 Å². The predicted molar refractivity (Wildman–Crippen MR) is 82.2 cm³/mol. The number of nitrogens with zero attached hydrogens (tertiary/aromatic N) is 2. The number of halogens is 1. The zero-order valence-corrected chi connectivity index (χ0v) is 13.5. The third kappa shape index (κ3) is 3.37. The van der Waals surface area contributed by atoms with Crippen LogP contribution in [0.1, 0.15) is 27.6 Å². The van der Waals surface area contributed by atoms with Crippen LogP contribution >= 0.6 is 27.7 Å². The molecular formula is C14H13BrN2O2S. The standard InChI is InChI=1S/C14H13BrN2O2S/c1-8-13(14(18)19)9(2)17-12(16-8)7-20-11-6-4-3-5-10(11)15/h3-6H,7H2,1-2H3,(H,18,19). The van der Waals surface area contributed by atoms with Crippen LogP contribution in [0, 0.1) is 13.8 Å². The van der Waals surface area contributed by atoms with Gasteiger partial charge in [-0.15, -0.1) is 11.8 Å². The molecule has 0 spiro atoms. The van der Waals surface area contributed by atoms with E-state index in [-0.39, 0.29) is 5.56 Å². The SMILES string of the molecule is Cc1nc(CSc2ccccc2Br)nc(C)c1C(=O)O. The Hall–Kier alpha value is -1.40. The second-order valence-corrected chi connectivity index (χ2v) is 6.08. The monoisotopic (exact) mass is 352 g/mol. The van der Waals surface area contributed by atoms with Crippen molar-refractivity contribution in [3.05, 3.63) is 51.5 Å². The molecule has 1 heterocycles. The number of hydrogen-bond donors (Lipinski definition) is 1. The minimum absolute atomic E-state index is 0.194. The summed E-state index contributed by atoms with van der Waals surface area (Å²) in [6, 6.07) is 7.92. The summed E-state index contributed by atoms with van der Waals surface area (Å²) >= 11 is 5.10. The molecule has 104 valence electrons. The molecule has 20 heavy (non-hydrogen) atoms. The summed E-state index contributed by atoms with van der Waals surface area (Å²) < 4.78 is 1.03. The number of carboxylic acid groups (broad SMARTS) is 1. The van der Waals surface area contributed by atoms with Crippen LogP contribution < -0.4 is 0 Å². The van der Waals surface area contributed by atoms with E-state index in [0.717, 1.165) is 9.37 Å². The van der Waals surface area contributed by atoms with Gasteiger partial charge >= 0.3 is 5.97 Å². The average Bonchev–Trinajstić information content (AvgIpc) is 2.36. The van der Waals surface area contributed by atoms with E-state index in [0.29, 0.717) is 23.0 Å². The third-order valence-corrected chi connectivity index (χ3v) is 4.75. The molecule has 0 saturated carbocycles. The summed E-state index contributed by atoms with van der Waals surface area (Å²) in [5.41, 5.74) is 1.21. The first kappa shape index (κ1) is 15.0. The summed E-state index contributed by atoms with van der Waals surface area (Å²) in [6.45, 7) is 3.40. The molecular weight excluding hydrogens is 340 g/mol. The topological polar surface area (TPSA) is 63.1 Å². The van der Waals surface area contributed by atoms with Gasteiger partial charge in [0.25, 0.3) is 0 Å². The van der Waals surface area contributed by atoms with Crippen LogP contribution in [0.25, 0.3) is 0 Å². The number of hydrogen-bond acceptors (Lipinski definition) is 4. The first-order valence-electron chi connectivity index (χ1n) is 5.93. The predicted octanol–water partition coefficient (Wildman–Crippen LogP) is 3.85. The fraction of sp³-hybridized carbons (Fsp3) is 0.214. The van der Waals surface area contributed by atoms with Crippen molar-refractivity contribution in [3.8, 4) is 0 Å². The molecule has 0 fully saturated rings. The van der Waals surface area contributed by atoms with Crippen molar-refractivity contribution >= 4 is 33.7 Å². The lowest BCUT2D eigenvalue weighted by Gasteiger charge is -2.08. The van der Waals surface area contributed by atoms with Crippen LogP contribution in [-0.2, 0) is 5.75 Å². The molecule has 6 heteroatoms. The highest BCUT2D eigenvalue weighted by Crippen LogP contribution is 2.29. The van der Waals surface area contributed by atoms with E-state index in [2.05, 4.69) is 25.9 Å². The summed E-state index contributed by atoms with van der Waals surface area (Å²) in [5, 5.41) is 9.09. The molecule has 0 amide bonds. The first-order chi connectivity index (χ1) is 9.49. The van der Waals surface area contributed by atoms with E-state index in [1.165, 1.54) is 0 Å². The molecule has 0 aliphatic carbocycles. The Balaban J connectivity index is 2.19. The van der Waals surface area contributed by atoms with Crippen molar-refractivity contribution in [1.82, 2.24) is 9.97 Å². The minimum atomic E-state index is -0.981. The minimum Gasteiger partial charge on any atom is -0.478 e. The summed E-state index contributed by atoms with van der Waals surface area (Å²) in [6.07, 6.45) is 0. The van der Waals surface area contributed by atoms with Crippen molar-refractivity contribution in [2.24, 2.45) is 0 Å². The van der Waals surface area contributed by atoms with Crippen LogP contribution in [0.5, 0.6) is 0 Å². The number of benzene rings is 1. The van der Waals surface area contributed by atoms with Crippen LogP contribution in [-0.4, -0.2) is 21.0 Å². The number of rotatable bonds is 4. The summed E-state index contributed by atoms with van der Waals surface area (Å²) in [5.74, 6) is 0.264. The maximum atomic E-state index is 11.1. The molecule has 4 nitrogen and oxygen atoms in total. The number of thioether (sulfide) groups is 1. The second-order valence-electron chi connectivity index (χ2n) is 4.21. The number of aromatic carboxylic acids is 1. The van der Waals surface area contributed by atoms with E-state index in [4.69, 9.17) is 5.11 Å². The Kier molecular flexibility index (Phi) is 4.77. The van der Waals surface area contributed by atoms with Crippen molar-refractivity contribution in [1.29, 1.82) is 0 Å². The Morgan fingerprint density at radius 1 is 1.25 bits per heavy atom. The molecule has 0 aliphatic rings. The van der Waals surface area contributed by atoms with Crippen molar-refractivity contribution in [2.45, 2.75) is 24.5 Å². The maximum absolute atomic E-state index is 11.1. The van der Waals surface area contributed by atoms with Gasteiger partial charge in [-0.3, -0.25) is 0 Å². The molecule has 0 atom stereocenters. The van der Waals surface area contributed by atoms with Gasteiger partial charge in [0.15, 0.2) is 0 Å². The highest BCUT2D eigenvalue weighted by Gasteiger charge is 2.15. The average molecular weight is 353 g/mol. The van der Waals surface area contributed by atoms with Crippen molar-refractivity contribution in [2.75, 3.05) is 0 Å². The fourth-order valence-electron chi connectivity index (χ4n) is 1.86. The van der Waals surface area contributed by atoms with Gasteiger partial charge in [-0.2, -0.15) is 0 Å². The molecule has 1 aromatic heterocycles. The number of carbonyl (C=O) groups is 1. The molecule has 2 rings (SSSR count). The Labute approximate surface area is 129 Å². The molecule has 1 aromatic carbocycles. The van der Waals surface area contributed by atoms with E-state index < -0.39 is 5.97 Å². The molecule has 0 bridgehead atoms. The van der Waals surface area contributed by atoms with Crippen molar-refractivity contribution in [3.63, 3.8) is 0 Å². The maximum Gasteiger partial charge on any atom is 0.339 e. The molecule has 0 saturated heterocycles. The Morgan fingerprint density at radius 3 is 2.40 bits per heavy atom. The lowest BCUT2D eigenvalue weighted by Crippen LogP contribution is -2.09. The summed E-state index contributed by atoms with van der Waals surface area (Å²) in [4.78, 5) is 20.7. The van der Waals surface area contributed by atoms with E-state index in [1.807, 2.05) is 24.3 Å². The van der Waals surface area contributed by atoms with Crippen LogP contribution in [0.15, 0.2) is 33.6 Å². The van der Waals surface area contributed by atoms with Gasteiger partial charge in [0.05, 0.1) is 17.1 Å². The lowest BCUT2D eigenvalue weighted by atomic mass is 10.2. The number of aryl methyl sites for hydroxylation is 2. The zero-order valence-electron chi connectivity index (χ0n) is 11.1. The van der Waals surface area contributed by atoms with E-state index >= 15 is 0 Å². The quantitative estimate of drug-likeness (QED) is 0.846. The second kappa shape index (κ2) is 6.37. The fourth-order valence-corrected chi connectivity index (χ4v) is 3.29. The molecule has 2 aromatic rings.